The van der Waals surface area contributed by atoms with Crippen LogP contribution in [-0.4, -0.2) is 22.6 Å². The second-order valence-electron chi connectivity index (χ2n) is 6.70. The molecule has 0 fully saturated rings. The minimum atomic E-state index is -0.547. The lowest BCUT2D eigenvalue weighted by Gasteiger charge is -2.15. The number of carbonyl (C=O) groups is 3. The van der Waals surface area contributed by atoms with Gasteiger partial charge in [0.05, 0.1) is 21.7 Å². The van der Waals surface area contributed by atoms with E-state index in [4.69, 9.17) is 0 Å². The van der Waals surface area contributed by atoms with Crippen molar-refractivity contribution in [2.24, 2.45) is 0 Å². The Labute approximate surface area is 170 Å². The van der Waals surface area contributed by atoms with Crippen LogP contribution in [0.15, 0.2) is 66.7 Å². The van der Waals surface area contributed by atoms with Gasteiger partial charge in [-0.1, -0.05) is 24.3 Å². The molecular weight excluding hydrogens is 386 g/mol. The molecular formula is C22H15N3O5. The molecule has 30 heavy (non-hydrogen) atoms. The minimum absolute atomic E-state index is 0.151. The third-order valence-corrected chi connectivity index (χ3v) is 4.90. The maximum absolute atomic E-state index is 12.7. The van der Waals surface area contributed by atoms with E-state index in [0.717, 1.165) is 4.90 Å². The summed E-state index contributed by atoms with van der Waals surface area (Å²) in [6.07, 6.45) is 0. The van der Waals surface area contributed by atoms with E-state index in [1.54, 1.807) is 42.5 Å². The normalized spacial score (nSPS) is 12.6. The first-order chi connectivity index (χ1) is 14.4. The summed E-state index contributed by atoms with van der Waals surface area (Å²) in [6, 6.07) is 17.1. The predicted molar refractivity (Wildman–Crippen MR) is 110 cm³/mol. The molecule has 0 aromatic heterocycles. The summed E-state index contributed by atoms with van der Waals surface area (Å²) >= 11 is 0. The van der Waals surface area contributed by atoms with E-state index in [0.29, 0.717) is 22.5 Å². The van der Waals surface area contributed by atoms with E-state index in [1.807, 2.05) is 0 Å². The zero-order valence-corrected chi connectivity index (χ0v) is 15.8. The van der Waals surface area contributed by atoms with Crippen LogP contribution in [0.2, 0.25) is 0 Å². The van der Waals surface area contributed by atoms with Crippen molar-refractivity contribution in [2.75, 3.05) is 10.2 Å². The molecule has 0 atom stereocenters. The monoisotopic (exact) mass is 401 g/mol. The van der Waals surface area contributed by atoms with Gasteiger partial charge in [0.25, 0.3) is 23.4 Å². The largest absolute Gasteiger partial charge is 0.322 e. The maximum Gasteiger partial charge on any atom is 0.273 e. The smallest absolute Gasteiger partial charge is 0.273 e. The number of imide groups is 1. The number of nitro benzene ring substituents is 1. The van der Waals surface area contributed by atoms with Crippen LogP contribution in [-0.2, 0) is 0 Å². The topological polar surface area (TPSA) is 110 Å². The summed E-state index contributed by atoms with van der Waals surface area (Å²) in [4.78, 5) is 49.6. The van der Waals surface area contributed by atoms with Gasteiger partial charge in [0.1, 0.15) is 0 Å². The third kappa shape index (κ3) is 3.10. The second kappa shape index (κ2) is 7.25. The molecule has 0 saturated carbocycles. The van der Waals surface area contributed by atoms with Gasteiger partial charge in [0.2, 0.25) is 0 Å². The molecule has 148 valence electrons. The number of nitrogens with zero attached hydrogens (tertiary/aromatic N) is 2. The standard InChI is InChI=1S/C22H15N3O5/c1-13-16(10-5-11-19(13)25(29)30)20(26)23-14-6-4-7-15(12-14)24-21(27)17-8-2-3-9-18(17)22(24)28/h2-12H,1H3,(H,23,26). The SMILES string of the molecule is Cc1c(C(=O)Nc2cccc(N3C(=O)c4ccccc4C3=O)c2)cccc1[N+](=O)[O-]. The summed E-state index contributed by atoms with van der Waals surface area (Å²) in [5, 5.41) is 13.8. The Kier molecular flexibility index (Phi) is 4.59. The number of hydrogen-bond donors (Lipinski definition) is 1. The average molecular weight is 401 g/mol. The Morgan fingerprint density at radius 2 is 1.57 bits per heavy atom. The predicted octanol–water partition coefficient (Wildman–Crippen LogP) is 3.96. The number of nitro groups is 1. The fourth-order valence-electron chi connectivity index (χ4n) is 3.41. The number of carbonyl (C=O) groups excluding carboxylic acids is 3. The third-order valence-electron chi connectivity index (χ3n) is 4.90. The lowest BCUT2D eigenvalue weighted by atomic mass is 10.1. The van der Waals surface area contributed by atoms with Gasteiger partial charge in [-0.15, -0.1) is 0 Å². The Morgan fingerprint density at radius 3 is 2.20 bits per heavy atom. The van der Waals surface area contributed by atoms with Crippen molar-refractivity contribution in [1.82, 2.24) is 0 Å². The van der Waals surface area contributed by atoms with E-state index in [-0.39, 0.29) is 16.8 Å². The summed E-state index contributed by atoms with van der Waals surface area (Å²) in [6.45, 7) is 1.50. The van der Waals surface area contributed by atoms with Crippen molar-refractivity contribution in [3.8, 4) is 0 Å². The lowest BCUT2D eigenvalue weighted by molar-refractivity contribution is -0.385. The molecule has 0 unspecified atom stereocenters. The molecule has 8 nitrogen and oxygen atoms in total. The van der Waals surface area contributed by atoms with E-state index in [9.17, 15) is 24.5 Å². The van der Waals surface area contributed by atoms with Crippen molar-refractivity contribution in [1.29, 1.82) is 0 Å². The van der Waals surface area contributed by atoms with Crippen LogP contribution in [0, 0.1) is 17.0 Å². The molecule has 1 N–H and O–H groups in total. The van der Waals surface area contributed by atoms with Crippen molar-refractivity contribution < 1.29 is 19.3 Å². The minimum Gasteiger partial charge on any atom is -0.322 e. The second-order valence-corrected chi connectivity index (χ2v) is 6.70. The number of benzene rings is 3. The fourth-order valence-corrected chi connectivity index (χ4v) is 3.41. The number of amides is 3. The maximum atomic E-state index is 12.7. The van der Waals surface area contributed by atoms with Crippen LogP contribution in [0.4, 0.5) is 17.1 Å². The van der Waals surface area contributed by atoms with Gasteiger partial charge in [-0.25, -0.2) is 4.90 Å². The Balaban J connectivity index is 1.62. The van der Waals surface area contributed by atoms with Crippen molar-refractivity contribution >= 4 is 34.8 Å². The summed E-state index contributed by atoms with van der Waals surface area (Å²) in [7, 11) is 0. The van der Waals surface area contributed by atoms with Gasteiger partial charge < -0.3 is 5.32 Å². The first-order valence-corrected chi connectivity index (χ1v) is 9.01. The van der Waals surface area contributed by atoms with Gasteiger partial charge in [-0.05, 0) is 43.3 Å². The molecule has 0 bridgehead atoms. The summed E-state index contributed by atoms with van der Waals surface area (Å²) in [5.41, 5.74) is 1.57. The van der Waals surface area contributed by atoms with Crippen LogP contribution in [0.3, 0.4) is 0 Å². The highest BCUT2D eigenvalue weighted by atomic mass is 16.6. The molecule has 0 aliphatic carbocycles. The summed E-state index contributed by atoms with van der Waals surface area (Å²) < 4.78 is 0. The molecule has 1 aliphatic rings. The first kappa shape index (κ1) is 19.0. The van der Waals surface area contributed by atoms with Crippen LogP contribution >= 0.6 is 0 Å². The molecule has 0 spiro atoms. The van der Waals surface area contributed by atoms with Crippen LogP contribution in [0.5, 0.6) is 0 Å². The summed E-state index contributed by atoms with van der Waals surface area (Å²) in [5.74, 6) is -1.40. The average Bonchev–Trinajstić information content (AvgIpc) is 2.98. The fraction of sp³-hybridized carbons (Fsp3) is 0.0455. The van der Waals surface area contributed by atoms with E-state index >= 15 is 0 Å². The van der Waals surface area contributed by atoms with Crippen molar-refractivity contribution in [3.05, 3.63) is 99.1 Å². The Bertz CT molecular complexity index is 1200. The Hall–Kier alpha value is -4.33. The molecule has 3 aromatic carbocycles. The molecule has 1 heterocycles. The van der Waals surface area contributed by atoms with Gasteiger partial charge in [0.15, 0.2) is 0 Å². The first-order valence-electron chi connectivity index (χ1n) is 9.01. The highest BCUT2D eigenvalue weighted by Crippen LogP contribution is 2.30. The van der Waals surface area contributed by atoms with Crippen LogP contribution in [0.1, 0.15) is 36.6 Å². The molecule has 8 heteroatoms. The number of anilines is 2. The van der Waals surface area contributed by atoms with E-state index in [2.05, 4.69) is 5.32 Å². The van der Waals surface area contributed by atoms with Crippen LogP contribution < -0.4 is 10.2 Å². The quantitative estimate of drug-likeness (QED) is 0.404. The molecule has 3 aromatic rings. The van der Waals surface area contributed by atoms with E-state index < -0.39 is 22.6 Å². The van der Waals surface area contributed by atoms with Gasteiger partial charge in [-0.3, -0.25) is 24.5 Å². The zero-order chi connectivity index (χ0) is 21.4. The molecule has 3 amide bonds. The van der Waals surface area contributed by atoms with Crippen molar-refractivity contribution in [3.63, 3.8) is 0 Å². The van der Waals surface area contributed by atoms with E-state index in [1.165, 1.54) is 31.2 Å². The highest BCUT2D eigenvalue weighted by Gasteiger charge is 2.36. The number of hydrogen-bond acceptors (Lipinski definition) is 5. The number of fused-ring (bicyclic) bond motifs is 1. The molecule has 0 saturated heterocycles. The van der Waals surface area contributed by atoms with Gasteiger partial charge >= 0.3 is 0 Å². The highest BCUT2D eigenvalue weighted by molar-refractivity contribution is 6.34. The zero-order valence-electron chi connectivity index (χ0n) is 15.8. The molecule has 4 rings (SSSR count). The lowest BCUT2D eigenvalue weighted by Crippen LogP contribution is -2.29. The number of rotatable bonds is 4. The molecule has 1 aliphatic heterocycles. The Morgan fingerprint density at radius 1 is 0.933 bits per heavy atom. The van der Waals surface area contributed by atoms with Gasteiger partial charge in [-0.2, -0.15) is 0 Å². The van der Waals surface area contributed by atoms with Crippen molar-refractivity contribution in [2.45, 2.75) is 6.92 Å². The number of nitrogens with one attached hydrogen (secondary N) is 1. The van der Waals surface area contributed by atoms with Gasteiger partial charge in [0, 0.05) is 22.9 Å². The molecule has 0 radical (unpaired) electrons. The van der Waals surface area contributed by atoms with Crippen LogP contribution in [0.25, 0.3) is 0 Å².